The van der Waals surface area contributed by atoms with Crippen LogP contribution < -0.4 is 10.0 Å². The summed E-state index contributed by atoms with van der Waals surface area (Å²) in [5.74, 6) is 0.297. The summed E-state index contributed by atoms with van der Waals surface area (Å²) in [4.78, 5) is 13.7. The maximum absolute atomic E-state index is 12.3. The molecular weight excluding hydrogens is 380 g/mol. The zero-order valence-electron chi connectivity index (χ0n) is 15.8. The number of benzene rings is 1. The molecule has 146 valence electrons. The summed E-state index contributed by atoms with van der Waals surface area (Å²) in [5.41, 5.74) is 0.761. The SMILES string of the molecule is CCNS(=O)(=O)c1ccc(C=CC(=O)NC(CC(C)C)c2cccs2)cc1. The highest BCUT2D eigenvalue weighted by Crippen LogP contribution is 2.25. The predicted molar refractivity (Wildman–Crippen MR) is 111 cm³/mol. The lowest BCUT2D eigenvalue weighted by atomic mass is 10.0. The summed E-state index contributed by atoms with van der Waals surface area (Å²) in [6.45, 7) is 6.33. The topological polar surface area (TPSA) is 75.3 Å². The second-order valence-electron chi connectivity index (χ2n) is 6.61. The standard InChI is InChI=1S/C20H26N2O3S2/c1-4-21-27(24,25)17-10-7-16(8-11-17)9-12-20(23)22-18(14-15(2)3)19-6-5-13-26-19/h5-13,15,18,21H,4,14H2,1-3H3,(H,22,23). The van der Waals surface area contributed by atoms with Gasteiger partial charge in [-0.15, -0.1) is 11.3 Å². The third-order valence-electron chi connectivity index (χ3n) is 3.86. The lowest BCUT2D eigenvalue weighted by Crippen LogP contribution is -2.27. The van der Waals surface area contributed by atoms with Crippen molar-refractivity contribution in [2.24, 2.45) is 5.92 Å². The minimum absolute atomic E-state index is 0.00483. The molecule has 0 spiro atoms. The number of sulfonamides is 1. The Bertz CT molecular complexity index is 855. The molecule has 2 aromatic rings. The van der Waals surface area contributed by atoms with Crippen LogP contribution in [0.2, 0.25) is 0 Å². The first-order valence-electron chi connectivity index (χ1n) is 8.93. The van der Waals surface area contributed by atoms with E-state index in [2.05, 4.69) is 23.9 Å². The smallest absolute Gasteiger partial charge is 0.244 e. The van der Waals surface area contributed by atoms with Gasteiger partial charge in [0.25, 0.3) is 0 Å². The zero-order valence-corrected chi connectivity index (χ0v) is 17.4. The molecule has 1 unspecified atom stereocenters. The summed E-state index contributed by atoms with van der Waals surface area (Å²) in [5, 5.41) is 5.06. The zero-order chi connectivity index (χ0) is 19.9. The Labute approximate surface area is 165 Å². The fourth-order valence-electron chi connectivity index (χ4n) is 2.63. The molecular formula is C20H26N2O3S2. The average Bonchev–Trinajstić information content (AvgIpc) is 3.14. The maximum atomic E-state index is 12.3. The van der Waals surface area contributed by atoms with Crippen molar-refractivity contribution in [2.45, 2.75) is 38.1 Å². The predicted octanol–water partition coefficient (Wildman–Crippen LogP) is 3.96. The molecule has 27 heavy (non-hydrogen) atoms. The van der Waals surface area contributed by atoms with Crippen molar-refractivity contribution in [1.82, 2.24) is 10.0 Å². The van der Waals surface area contributed by atoms with Gasteiger partial charge in [0, 0.05) is 17.5 Å². The number of rotatable bonds is 9. The van der Waals surface area contributed by atoms with Crippen LogP contribution in [0, 0.1) is 5.92 Å². The molecule has 0 aliphatic carbocycles. The van der Waals surface area contributed by atoms with E-state index in [0.29, 0.717) is 12.5 Å². The Morgan fingerprint density at radius 2 is 1.89 bits per heavy atom. The molecule has 2 rings (SSSR count). The maximum Gasteiger partial charge on any atom is 0.244 e. The van der Waals surface area contributed by atoms with Crippen LogP contribution in [0.15, 0.2) is 52.7 Å². The fourth-order valence-corrected chi connectivity index (χ4v) is 4.46. The molecule has 0 aliphatic rings. The molecule has 7 heteroatoms. The number of thiophene rings is 1. The molecule has 0 bridgehead atoms. The van der Waals surface area contributed by atoms with Gasteiger partial charge in [0.2, 0.25) is 15.9 Å². The second-order valence-corrected chi connectivity index (χ2v) is 9.36. The first-order chi connectivity index (χ1) is 12.8. The van der Waals surface area contributed by atoms with Crippen LogP contribution >= 0.6 is 11.3 Å². The van der Waals surface area contributed by atoms with Gasteiger partial charge in [0.05, 0.1) is 10.9 Å². The van der Waals surface area contributed by atoms with E-state index in [1.54, 1.807) is 36.5 Å². The quantitative estimate of drug-likeness (QED) is 0.619. The van der Waals surface area contributed by atoms with Crippen molar-refractivity contribution >= 4 is 33.3 Å². The van der Waals surface area contributed by atoms with E-state index in [0.717, 1.165) is 16.9 Å². The molecule has 1 heterocycles. The number of carbonyl (C=O) groups excluding carboxylic acids is 1. The van der Waals surface area contributed by atoms with Gasteiger partial charge >= 0.3 is 0 Å². The number of carbonyl (C=O) groups is 1. The first-order valence-corrected chi connectivity index (χ1v) is 11.3. The molecule has 0 radical (unpaired) electrons. The third kappa shape index (κ3) is 6.61. The Hall–Kier alpha value is -1.96. The van der Waals surface area contributed by atoms with Gasteiger partial charge in [0.15, 0.2) is 0 Å². The number of hydrogen-bond donors (Lipinski definition) is 2. The van der Waals surface area contributed by atoms with Gasteiger partial charge in [-0.25, -0.2) is 13.1 Å². The molecule has 0 aliphatic heterocycles. The minimum atomic E-state index is -3.46. The van der Waals surface area contributed by atoms with Crippen molar-refractivity contribution < 1.29 is 13.2 Å². The van der Waals surface area contributed by atoms with Crippen LogP contribution in [0.5, 0.6) is 0 Å². The van der Waals surface area contributed by atoms with E-state index in [4.69, 9.17) is 0 Å². The molecule has 0 saturated carbocycles. The monoisotopic (exact) mass is 406 g/mol. The summed E-state index contributed by atoms with van der Waals surface area (Å²) < 4.78 is 26.3. The highest BCUT2D eigenvalue weighted by Gasteiger charge is 2.16. The Balaban J connectivity index is 2.03. The Morgan fingerprint density at radius 3 is 2.44 bits per heavy atom. The van der Waals surface area contributed by atoms with Gasteiger partial charge in [-0.2, -0.15) is 0 Å². The van der Waals surface area contributed by atoms with E-state index < -0.39 is 10.0 Å². The van der Waals surface area contributed by atoms with Gasteiger partial charge in [-0.3, -0.25) is 4.79 Å². The van der Waals surface area contributed by atoms with E-state index in [1.165, 1.54) is 18.2 Å². The van der Waals surface area contributed by atoms with Crippen molar-refractivity contribution in [1.29, 1.82) is 0 Å². The molecule has 2 N–H and O–H groups in total. The molecule has 1 aromatic carbocycles. The normalized spacial score (nSPS) is 13.2. The molecule has 0 saturated heterocycles. The third-order valence-corrected chi connectivity index (χ3v) is 6.41. The molecule has 5 nitrogen and oxygen atoms in total. The summed E-state index contributed by atoms with van der Waals surface area (Å²) in [7, 11) is -3.46. The molecule has 1 atom stereocenters. The van der Waals surface area contributed by atoms with Crippen LogP contribution in [0.1, 0.15) is 43.7 Å². The molecule has 1 amide bonds. The Morgan fingerprint density at radius 1 is 1.19 bits per heavy atom. The fraction of sp³-hybridized carbons (Fsp3) is 0.350. The van der Waals surface area contributed by atoms with Crippen LogP contribution in [0.4, 0.5) is 0 Å². The van der Waals surface area contributed by atoms with Crippen molar-refractivity contribution in [3.63, 3.8) is 0 Å². The van der Waals surface area contributed by atoms with Crippen LogP contribution in [0.25, 0.3) is 6.08 Å². The van der Waals surface area contributed by atoms with Crippen LogP contribution in [0.3, 0.4) is 0 Å². The highest BCUT2D eigenvalue weighted by molar-refractivity contribution is 7.89. The van der Waals surface area contributed by atoms with Crippen LogP contribution in [-0.4, -0.2) is 20.9 Å². The lowest BCUT2D eigenvalue weighted by Gasteiger charge is -2.18. The summed E-state index contributed by atoms with van der Waals surface area (Å²) >= 11 is 1.64. The number of nitrogens with one attached hydrogen (secondary N) is 2. The van der Waals surface area contributed by atoms with Gasteiger partial charge in [0.1, 0.15) is 0 Å². The second kappa shape index (κ2) is 9.82. The molecule has 1 aromatic heterocycles. The van der Waals surface area contributed by atoms with Crippen molar-refractivity contribution in [3.05, 3.63) is 58.3 Å². The largest absolute Gasteiger partial charge is 0.345 e. The molecule has 0 fully saturated rings. The van der Waals surface area contributed by atoms with E-state index in [-0.39, 0.29) is 16.8 Å². The minimum Gasteiger partial charge on any atom is -0.345 e. The van der Waals surface area contributed by atoms with Gasteiger partial charge < -0.3 is 5.32 Å². The summed E-state index contributed by atoms with van der Waals surface area (Å²) in [6.07, 6.45) is 4.03. The van der Waals surface area contributed by atoms with Crippen LogP contribution in [-0.2, 0) is 14.8 Å². The summed E-state index contributed by atoms with van der Waals surface area (Å²) in [6, 6.07) is 10.4. The number of hydrogen-bond acceptors (Lipinski definition) is 4. The van der Waals surface area contributed by atoms with E-state index >= 15 is 0 Å². The highest BCUT2D eigenvalue weighted by atomic mass is 32.2. The van der Waals surface area contributed by atoms with Gasteiger partial charge in [-0.05, 0) is 47.6 Å². The Kier molecular flexibility index (Phi) is 7.77. The van der Waals surface area contributed by atoms with E-state index in [1.807, 2.05) is 17.5 Å². The average molecular weight is 407 g/mol. The number of amides is 1. The van der Waals surface area contributed by atoms with E-state index in [9.17, 15) is 13.2 Å². The lowest BCUT2D eigenvalue weighted by molar-refractivity contribution is -0.117. The van der Waals surface area contributed by atoms with Gasteiger partial charge in [-0.1, -0.05) is 39.0 Å². The van der Waals surface area contributed by atoms with Crippen molar-refractivity contribution in [2.75, 3.05) is 6.54 Å². The first kappa shape index (κ1) is 21.3. The van der Waals surface area contributed by atoms with Crippen molar-refractivity contribution in [3.8, 4) is 0 Å².